The molecule has 0 spiro atoms. The Balaban J connectivity index is 2.05. The Labute approximate surface area is 123 Å². The van der Waals surface area contributed by atoms with Crippen molar-refractivity contribution in [3.63, 3.8) is 0 Å². The van der Waals surface area contributed by atoms with Crippen molar-refractivity contribution in [2.24, 2.45) is 10.2 Å². The van der Waals surface area contributed by atoms with Crippen molar-refractivity contribution in [2.45, 2.75) is 6.92 Å². The summed E-state index contributed by atoms with van der Waals surface area (Å²) in [6, 6.07) is 14.4. The lowest BCUT2D eigenvalue weighted by atomic mass is 10.2. The van der Waals surface area contributed by atoms with Gasteiger partial charge < -0.3 is 10.1 Å². The maximum atomic E-state index is 11.5. The zero-order valence-corrected chi connectivity index (χ0v) is 12.0. The van der Waals surface area contributed by atoms with Crippen LogP contribution in [0.5, 0.6) is 0 Å². The number of benzene rings is 2. The molecule has 2 rings (SSSR count). The van der Waals surface area contributed by atoms with E-state index in [1.807, 2.05) is 31.3 Å². The molecule has 2 aromatic carbocycles. The number of esters is 1. The molecule has 0 saturated heterocycles. The van der Waals surface area contributed by atoms with Crippen molar-refractivity contribution in [3.8, 4) is 0 Å². The quantitative estimate of drug-likeness (QED) is 0.656. The first-order chi connectivity index (χ1) is 10.2. The molecule has 21 heavy (non-hydrogen) atoms. The lowest BCUT2D eigenvalue weighted by Crippen LogP contribution is -2.03. The number of anilines is 1. The third-order valence-electron chi connectivity index (χ3n) is 2.82. The van der Waals surface area contributed by atoms with E-state index >= 15 is 0 Å². The van der Waals surface area contributed by atoms with Crippen LogP contribution in [-0.4, -0.2) is 19.6 Å². The smallest absolute Gasteiger partial charge is 0.338 e. The highest BCUT2D eigenvalue weighted by Gasteiger charge is 2.05. The van der Waals surface area contributed by atoms with E-state index < -0.39 is 0 Å². The minimum absolute atomic E-state index is 0.330. The first-order valence-corrected chi connectivity index (χ1v) is 6.69. The predicted octanol–water partition coefficient (Wildman–Crippen LogP) is 4.32. The predicted molar refractivity (Wildman–Crippen MR) is 82.6 cm³/mol. The number of hydrogen-bond donors (Lipinski definition) is 1. The van der Waals surface area contributed by atoms with Gasteiger partial charge >= 0.3 is 5.97 Å². The maximum absolute atomic E-state index is 11.5. The van der Waals surface area contributed by atoms with Gasteiger partial charge in [0.15, 0.2) is 0 Å². The molecule has 5 nitrogen and oxygen atoms in total. The molecule has 0 unspecified atom stereocenters. The van der Waals surface area contributed by atoms with E-state index in [0.29, 0.717) is 17.9 Å². The molecule has 0 atom stereocenters. The molecule has 5 heteroatoms. The topological polar surface area (TPSA) is 63.0 Å². The molecule has 0 aliphatic carbocycles. The largest absolute Gasteiger partial charge is 0.462 e. The zero-order valence-electron chi connectivity index (χ0n) is 12.0. The van der Waals surface area contributed by atoms with Crippen LogP contribution in [0.1, 0.15) is 17.3 Å². The summed E-state index contributed by atoms with van der Waals surface area (Å²) in [7, 11) is 1.86. The summed E-state index contributed by atoms with van der Waals surface area (Å²) in [6.07, 6.45) is 0. The van der Waals surface area contributed by atoms with Gasteiger partial charge in [-0.25, -0.2) is 4.79 Å². The highest BCUT2D eigenvalue weighted by Crippen LogP contribution is 2.20. The molecule has 0 aromatic heterocycles. The number of carbonyl (C=O) groups excluding carboxylic acids is 1. The van der Waals surface area contributed by atoms with Gasteiger partial charge in [-0.1, -0.05) is 0 Å². The van der Waals surface area contributed by atoms with E-state index in [9.17, 15) is 4.79 Å². The maximum Gasteiger partial charge on any atom is 0.338 e. The average Bonchev–Trinajstić information content (AvgIpc) is 2.54. The monoisotopic (exact) mass is 283 g/mol. The van der Waals surface area contributed by atoms with Gasteiger partial charge in [0.2, 0.25) is 0 Å². The van der Waals surface area contributed by atoms with Crippen molar-refractivity contribution in [1.29, 1.82) is 0 Å². The average molecular weight is 283 g/mol. The summed E-state index contributed by atoms with van der Waals surface area (Å²) < 4.78 is 4.92. The number of nitrogens with one attached hydrogen (secondary N) is 1. The molecule has 0 heterocycles. The Morgan fingerprint density at radius 3 is 2.00 bits per heavy atom. The molecule has 0 bridgehead atoms. The number of nitrogens with zero attached hydrogens (tertiary/aromatic N) is 2. The van der Waals surface area contributed by atoms with Gasteiger partial charge in [0.25, 0.3) is 0 Å². The van der Waals surface area contributed by atoms with Gasteiger partial charge in [-0.3, -0.25) is 0 Å². The van der Waals surface area contributed by atoms with E-state index in [1.54, 1.807) is 31.2 Å². The minimum atomic E-state index is -0.330. The molecule has 0 amide bonds. The van der Waals surface area contributed by atoms with Crippen LogP contribution in [-0.2, 0) is 4.74 Å². The Hall–Kier alpha value is -2.69. The van der Waals surface area contributed by atoms with Crippen molar-refractivity contribution < 1.29 is 9.53 Å². The van der Waals surface area contributed by atoms with E-state index in [4.69, 9.17) is 4.74 Å². The molecule has 0 aliphatic heterocycles. The van der Waals surface area contributed by atoms with Gasteiger partial charge in [-0.05, 0) is 55.5 Å². The fraction of sp³-hybridized carbons (Fsp3) is 0.188. The number of rotatable bonds is 5. The van der Waals surface area contributed by atoms with Crippen molar-refractivity contribution in [1.82, 2.24) is 0 Å². The Morgan fingerprint density at radius 2 is 1.52 bits per heavy atom. The molecular formula is C16H17N3O2. The third-order valence-corrected chi connectivity index (χ3v) is 2.82. The summed E-state index contributed by atoms with van der Waals surface area (Å²) in [5.41, 5.74) is 2.98. The fourth-order valence-electron chi connectivity index (χ4n) is 1.69. The van der Waals surface area contributed by atoms with Crippen LogP contribution in [0.2, 0.25) is 0 Å². The summed E-state index contributed by atoms with van der Waals surface area (Å²) in [5.74, 6) is -0.330. The van der Waals surface area contributed by atoms with Crippen LogP contribution in [0.15, 0.2) is 58.8 Å². The van der Waals surface area contributed by atoms with Gasteiger partial charge in [0.05, 0.1) is 23.5 Å². The second kappa shape index (κ2) is 7.19. The van der Waals surface area contributed by atoms with Crippen molar-refractivity contribution >= 4 is 23.0 Å². The van der Waals surface area contributed by atoms with Crippen molar-refractivity contribution in [3.05, 3.63) is 54.1 Å². The van der Waals surface area contributed by atoms with E-state index in [0.717, 1.165) is 11.4 Å². The molecule has 1 N–H and O–H groups in total. The van der Waals surface area contributed by atoms with E-state index in [1.165, 1.54) is 0 Å². The van der Waals surface area contributed by atoms with Gasteiger partial charge in [0, 0.05) is 12.7 Å². The first kappa shape index (κ1) is 14.7. The summed E-state index contributed by atoms with van der Waals surface area (Å²) >= 11 is 0. The number of ether oxygens (including phenoxy) is 1. The highest BCUT2D eigenvalue weighted by atomic mass is 16.5. The van der Waals surface area contributed by atoms with Gasteiger partial charge in [0.1, 0.15) is 0 Å². The molecule has 0 aliphatic rings. The van der Waals surface area contributed by atoms with Crippen LogP contribution in [0.3, 0.4) is 0 Å². The highest BCUT2D eigenvalue weighted by molar-refractivity contribution is 5.89. The first-order valence-electron chi connectivity index (χ1n) is 6.69. The molecular weight excluding hydrogens is 266 g/mol. The van der Waals surface area contributed by atoms with E-state index in [2.05, 4.69) is 15.5 Å². The summed E-state index contributed by atoms with van der Waals surface area (Å²) in [5, 5.41) is 11.3. The molecule has 0 saturated carbocycles. The lowest BCUT2D eigenvalue weighted by Gasteiger charge is -2.01. The second-order valence-electron chi connectivity index (χ2n) is 4.26. The molecule has 0 fully saturated rings. The minimum Gasteiger partial charge on any atom is -0.462 e. The molecule has 2 aromatic rings. The fourth-order valence-corrected chi connectivity index (χ4v) is 1.69. The van der Waals surface area contributed by atoms with Gasteiger partial charge in [-0.15, -0.1) is 0 Å². The van der Waals surface area contributed by atoms with Crippen LogP contribution in [0.4, 0.5) is 17.1 Å². The molecule has 0 radical (unpaired) electrons. The second-order valence-corrected chi connectivity index (χ2v) is 4.26. The standard InChI is InChI=1S/C16H17N3O2/c1-3-21-16(20)12-4-6-14(7-5-12)18-19-15-10-8-13(17-2)9-11-15/h4-11,17H,3H2,1-2H3. The van der Waals surface area contributed by atoms with Crippen LogP contribution < -0.4 is 5.32 Å². The summed E-state index contributed by atoms with van der Waals surface area (Å²) in [4.78, 5) is 11.5. The number of azo groups is 1. The third kappa shape index (κ3) is 4.14. The van der Waals surface area contributed by atoms with Crippen molar-refractivity contribution in [2.75, 3.05) is 19.0 Å². The Morgan fingerprint density at radius 1 is 1.00 bits per heavy atom. The Kier molecular flexibility index (Phi) is 5.04. The van der Waals surface area contributed by atoms with Gasteiger partial charge in [-0.2, -0.15) is 10.2 Å². The van der Waals surface area contributed by atoms with Crippen LogP contribution in [0, 0.1) is 0 Å². The SMILES string of the molecule is CCOC(=O)c1ccc(N=Nc2ccc(NC)cc2)cc1. The number of hydrogen-bond acceptors (Lipinski definition) is 5. The zero-order chi connectivity index (χ0) is 15.1. The number of carbonyl (C=O) groups is 1. The normalized spacial score (nSPS) is 10.6. The Bertz CT molecular complexity index is 619. The molecule has 108 valence electrons. The van der Waals surface area contributed by atoms with Crippen LogP contribution in [0.25, 0.3) is 0 Å². The van der Waals surface area contributed by atoms with Crippen LogP contribution >= 0.6 is 0 Å². The van der Waals surface area contributed by atoms with E-state index in [-0.39, 0.29) is 5.97 Å². The lowest BCUT2D eigenvalue weighted by molar-refractivity contribution is 0.0526. The summed E-state index contributed by atoms with van der Waals surface area (Å²) in [6.45, 7) is 2.14.